The molecule has 0 atom stereocenters. The number of aromatic nitrogens is 1. The van der Waals surface area contributed by atoms with Crippen molar-refractivity contribution in [2.45, 2.75) is 6.54 Å². The molecular weight excluding hydrogens is 272 g/mol. The summed E-state index contributed by atoms with van der Waals surface area (Å²) in [5.41, 5.74) is 7.59. The van der Waals surface area contributed by atoms with Crippen molar-refractivity contribution in [1.29, 1.82) is 0 Å². The smallest absolute Gasteiger partial charge is 0.150 e. The molecule has 0 radical (unpaired) electrons. The first-order valence-corrected chi connectivity index (χ1v) is 6.46. The Kier molecular flexibility index (Phi) is 3.39. The quantitative estimate of drug-likeness (QED) is 0.721. The maximum absolute atomic E-state index is 14.1. The number of fused-ring (bicyclic) bond motifs is 1. The number of pyridine rings is 1. The molecule has 0 amide bonds. The molecule has 3 aromatic rings. The Balaban J connectivity index is 1.97. The molecule has 0 fully saturated rings. The van der Waals surface area contributed by atoms with Gasteiger partial charge in [-0.3, -0.25) is 4.98 Å². The molecule has 0 aliphatic carbocycles. The molecule has 0 spiro atoms. The van der Waals surface area contributed by atoms with Gasteiger partial charge in [0.2, 0.25) is 0 Å². The first kappa shape index (κ1) is 13.3. The fourth-order valence-electron chi connectivity index (χ4n) is 2.24. The molecule has 3 nitrogen and oxygen atoms in total. The monoisotopic (exact) mass is 285 g/mol. The minimum atomic E-state index is -0.477. The zero-order chi connectivity index (χ0) is 14.8. The van der Waals surface area contributed by atoms with Crippen LogP contribution in [0, 0.1) is 11.6 Å². The third-order valence-electron chi connectivity index (χ3n) is 3.23. The van der Waals surface area contributed by atoms with Crippen molar-refractivity contribution in [2.24, 2.45) is 0 Å². The van der Waals surface area contributed by atoms with Gasteiger partial charge in [0.05, 0.1) is 11.2 Å². The molecule has 5 heteroatoms. The predicted molar refractivity (Wildman–Crippen MR) is 79.8 cm³/mol. The fraction of sp³-hybridized carbons (Fsp3) is 0.0625. The average Bonchev–Trinajstić information content (AvgIpc) is 2.47. The van der Waals surface area contributed by atoms with Gasteiger partial charge < -0.3 is 11.1 Å². The molecule has 3 rings (SSSR count). The molecule has 2 aromatic carbocycles. The van der Waals surface area contributed by atoms with Crippen molar-refractivity contribution in [1.82, 2.24) is 4.98 Å². The van der Waals surface area contributed by atoms with E-state index in [1.807, 2.05) is 0 Å². The van der Waals surface area contributed by atoms with Crippen LogP contribution in [0.5, 0.6) is 0 Å². The summed E-state index contributed by atoms with van der Waals surface area (Å²) in [6, 6.07) is 10.9. The lowest BCUT2D eigenvalue weighted by atomic mass is 10.1. The Bertz CT molecular complexity index is 803. The Morgan fingerprint density at radius 1 is 1.10 bits per heavy atom. The molecule has 106 valence electrons. The number of anilines is 2. The van der Waals surface area contributed by atoms with Gasteiger partial charge in [-0.2, -0.15) is 0 Å². The summed E-state index contributed by atoms with van der Waals surface area (Å²) in [5, 5.41) is 3.65. The maximum Gasteiger partial charge on any atom is 0.150 e. The molecule has 0 saturated carbocycles. The first-order valence-electron chi connectivity index (χ1n) is 6.46. The molecule has 0 saturated heterocycles. The second-order valence-corrected chi connectivity index (χ2v) is 4.71. The molecule has 0 aliphatic heterocycles. The van der Waals surface area contributed by atoms with Crippen molar-refractivity contribution < 1.29 is 8.78 Å². The number of nitrogens with two attached hydrogens (primary N) is 1. The van der Waals surface area contributed by atoms with Crippen LogP contribution < -0.4 is 11.1 Å². The number of nitrogen functional groups attached to an aromatic ring is 1. The highest BCUT2D eigenvalue weighted by Gasteiger charge is 2.11. The third kappa shape index (κ3) is 2.63. The van der Waals surface area contributed by atoms with Crippen molar-refractivity contribution in [2.75, 3.05) is 11.1 Å². The van der Waals surface area contributed by atoms with Crippen molar-refractivity contribution in [3.63, 3.8) is 0 Å². The summed E-state index contributed by atoms with van der Waals surface area (Å²) < 4.78 is 27.3. The number of nitrogens with zero attached hydrogens (tertiary/aromatic N) is 1. The second-order valence-electron chi connectivity index (χ2n) is 4.71. The van der Waals surface area contributed by atoms with E-state index in [0.29, 0.717) is 23.1 Å². The zero-order valence-corrected chi connectivity index (χ0v) is 11.1. The largest absolute Gasteiger partial charge is 0.398 e. The molecule has 21 heavy (non-hydrogen) atoms. The third-order valence-corrected chi connectivity index (χ3v) is 3.23. The first-order chi connectivity index (χ1) is 10.1. The van der Waals surface area contributed by atoms with E-state index in [9.17, 15) is 8.78 Å². The highest BCUT2D eigenvalue weighted by Crippen LogP contribution is 2.29. The Morgan fingerprint density at radius 3 is 2.76 bits per heavy atom. The summed E-state index contributed by atoms with van der Waals surface area (Å²) in [6.45, 7) is 0.296. The standard InChI is InChI=1S/C16H13F2N3/c17-11-4-1-3-10(7-11)9-21-16-13(18)8-14(19)12-5-2-6-20-15(12)16/h1-8,21H,9,19H2. The van der Waals surface area contributed by atoms with Crippen LogP contribution in [0.3, 0.4) is 0 Å². The van der Waals surface area contributed by atoms with Gasteiger partial charge in [0.15, 0.2) is 5.82 Å². The summed E-state index contributed by atoms with van der Waals surface area (Å²) in [5.74, 6) is -0.801. The van der Waals surface area contributed by atoms with Crippen LogP contribution in [0.15, 0.2) is 48.7 Å². The lowest BCUT2D eigenvalue weighted by Crippen LogP contribution is -2.04. The van der Waals surface area contributed by atoms with Crippen LogP contribution in [-0.4, -0.2) is 4.98 Å². The van der Waals surface area contributed by atoms with Gasteiger partial charge in [0.25, 0.3) is 0 Å². The van der Waals surface area contributed by atoms with E-state index in [1.165, 1.54) is 18.2 Å². The van der Waals surface area contributed by atoms with Crippen LogP contribution >= 0.6 is 0 Å². The van der Waals surface area contributed by atoms with Gasteiger partial charge in [-0.25, -0.2) is 8.78 Å². The van der Waals surface area contributed by atoms with E-state index >= 15 is 0 Å². The number of rotatable bonds is 3. The van der Waals surface area contributed by atoms with Gasteiger partial charge in [0, 0.05) is 23.8 Å². The van der Waals surface area contributed by atoms with E-state index < -0.39 is 5.82 Å². The number of hydrogen-bond acceptors (Lipinski definition) is 3. The highest BCUT2D eigenvalue weighted by atomic mass is 19.1. The zero-order valence-electron chi connectivity index (χ0n) is 11.1. The summed E-state index contributed by atoms with van der Waals surface area (Å²) >= 11 is 0. The normalized spacial score (nSPS) is 10.8. The van der Waals surface area contributed by atoms with E-state index in [2.05, 4.69) is 10.3 Å². The van der Waals surface area contributed by atoms with Gasteiger partial charge in [0.1, 0.15) is 5.82 Å². The lowest BCUT2D eigenvalue weighted by Gasteiger charge is -2.12. The van der Waals surface area contributed by atoms with Crippen LogP contribution in [0.2, 0.25) is 0 Å². The van der Waals surface area contributed by atoms with Crippen LogP contribution in [0.1, 0.15) is 5.56 Å². The second kappa shape index (κ2) is 5.36. The molecule has 3 N–H and O–H groups in total. The molecule has 0 aliphatic rings. The number of hydrogen-bond donors (Lipinski definition) is 2. The summed E-state index contributed by atoms with van der Waals surface area (Å²) in [7, 11) is 0. The van der Waals surface area contributed by atoms with Crippen molar-refractivity contribution in [3.8, 4) is 0 Å². The van der Waals surface area contributed by atoms with Crippen LogP contribution in [0.4, 0.5) is 20.2 Å². The van der Waals surface area contributed by atoms with E-state index in [4.69, 9.17) is 5.73 Å². The van der Waals surface area contributed by atoms with E-state index in [-0.39, 0.29) is 11.5 Å². The Hall–Kier alpha value is -2.69. The summed E-state index contributed by atoms with van der Waals surface area (Å²) in [4.78, 5) is 4.18. The summed E-state index contributed by atoms with van der Waals surface area (Å²) in [6.07, 6.45) is 1.58. The Labute approximate surface area is 120 Å². The lowest BCUT2D eigenvalue weighted by molar-refractivity contribution is 0.625. The highest BCUT2D eigenvalue weighted by molar-refractivity contribution is 5.98. The minimum absolute atomic E-state index is 0.268. The number of nitrogens with one attached hydrogen (secondary N) is 1. The Morgan fingerprint density at radius 2 is 1.95 bits per heavy atom. The molecule has 1 heterocycles. The van der Waals surface area contributed by atoms with E-state index in [0.717, 1.165) is 5.56 Å². The van der Waals surface area contributed by atoms with Gasteiger partial charge >= 0.3 is 0 Å². The predicted octanol–water partition coefficient (Wildman–Crippen LogP) is 3.71. The maximum atomic E-state index is 14.1. The van der Waals surface area contributed by atoms with Gasteiger partial charge in [-0.1, -0.05) is 12.1 Å². The SMILES string of the molecule is Nc1cc(F)c(NCc2cccc(F)c2)c2ncccc12. The number of benzene rings is 2. The topological polar surface area (TPSA) is 50.9 Å². The molecule has 0 unspecified atom stereocenters. The van der Waals surface area contributed by atoms with Crippen LogP contribution in [-0.2, 0) is 6.54 Å². The molecular formula is C16H13F2N3. The fourth-order valence-corrected chi connectivity index (χ4v) is 2.24. The van der Waals surface area contributed by atoms with Crippen molar-refractivity contribution >= 4 is 22.3 Å². The molecule has 0 bridgehead atoms. The van der Waals surface area contributed by atoms with Gasteiger partial charge in [-0.05, 0) is 35.9 Å². The molecule has 1 aromatic heterocycles. The van der Waals surface area contributed by atoms with E-state index in [1.54, 1.807) is 30.5 Å². The minimum Gasteiger partial charge on any atom is -0.398 e. The van der Waals surface area contributed by atoms with Gasteiger partial charge in [-0.15, -0.1) is 0 Å². The van der Waals surface area contributed by atoms with Crippen LogP contribution in [0.25, 0.3) is 10.9 Å². The van der Waals surface area contributed by atoms with Crippen molar-refractivity contribution in [3.05, 3.63) is 65.9 Å². The number of halogens is 2. The average molecular weight is 285 g/mol.